The van der Waals surface area contributed by atoms with Gasteiger partial charge in [0.2, 0.25) is 0 Å². The molecular weight excluding hydrogens is 328 g/mol. The molecule has 0 heterocycles. The van der Waals surface area contributed by atoms with Gasteiger partial charge in [-0.05, 0) is 17.7 Å². The normalized spacial score (nSPS) is 12.3. The van der Waals surface area contributed by atoms with E-state index in [1.54, 1.807) is 0 Å². The van der Waals surface area contributed by atoms with Crippen LogP contribution in [-0.4, -0.2) is 0 Å². The zero-order valence-corrected chi connectivity index (χ0v) is 10.0. The fourth-order valence-electron chi connectivity index (χ4n) is 1.42. The molecule has 1 aromatic rings. The van der Waals surface area contributed by atoms with Crippen molar-refractivity contribution in [2.24, 2.45) is 0 Å². The summed E-state index contributed by atoms with van der Waals surface area (Å²) in [4.78, 5) is 0. The summed E-state index contributed by atoms with van der Waals surface area (Å²) >= 11 is 2.67. The van der Waals surface area contributed by atoms with Crippen LogP contribution >= 0.6 is 15.9 Å². The van der Waals surface area contributed by atoms with Crippen molar-refractivity contribution in [2.45, 2.75) is 17.7 Å². The molecular formula is C10H4BrF6N. The Bertz CT molecular complexity index is 497. The Kier molecular flexibility index (Phi) is 3.96. The second kappa shape index (κ2) is 4.80. The molecule has 0 amide bonds. The minimum Gasteiger partial charge on any atom is -0.192 e. The van der Waals surface area contributed by atoms with Crippen molar-refractivity contribution in [1.29, 1.82) is 5.26 Å². The van der Waals surface area contributed by atoms with Gasteiger partial charge in [-0.1, -0.05) is 15.9 Å². The molecule has 98 valence electrons. The molecule has 0 radical (unpaired) electrons. The Morgan fingerprint density at radius 1 is 1.00 bits per heavy atom. The molecule has 18 heavy (non-hydrogen) atoms. The SMILES string of the molecule is N#Cc1c(C(F)(F)F)ccc(C(F)(F)F)c1CBr. The van der Waals surface area contributed by atoms with E-state index in [2.05, 4.69) is 15.9 Å². The Morgan fingerprint density at radius 3 is 1.78 bits per heavy atom. The summed E-state index contributed by atoms with van der Waals surface area (Å²) in [5.41, 5.74) is -4.33. The predicted octanol–water partition coefficient (Wildman–Crippen LogP) is 4.49. The van der Waals surface area contributed by atoms with Gasteiger partial charge >= 0.3 is 12.4 Å². The first-order valence-corrected chi connectivity index (χ1v) is 5.51. The molecule has 0 aliphatic rings. The third kappa shape index (κ3) is 2.77. The van der Waals surface area contributed by atoms with Gasteiger partial charge in [-0.15, -0.1) is 0 Å². The van der Waals surface area contributed by atoms with Gasteiger partial charge in [0.05, 0.1) is 16.7 Å². The molecule has 0 N–H and O–H groups in total. The highest BCUT2D eigenvalue weighted by Gasteiger charge is 2.39. The van der Waals surface area contributed by atoms with Crippen molar-refractivity contribution >= 4 is 15.9 Å². The van der Waals surface area contributed by atoms with Gasteiger partial charge in [-0.25, -0.2) is 0 Å². The van der Waals surface area contributed by atoms with Crippen LogP contribution in [0.5, 0.6) is 0 Å². The van der Waals surface area contributed by atoms with E-state index in [1.165, 1.54) is 6.07 Å². The lowest BCUT2D eigenvalue weighted by Crippen LogP contribution is -2.15. The Balaban J connectivity index is 3.64. The van der Waals surface area contributed by atoms with Gasteiger partial charge in [0, 0.05) is 5.33 Å². The Morgan fingerprint density at radius 2 is 1.44 bits per heavy atom. The standard InChI is InChI=1S/C10H4BrF6N/c11-3-5-6(4-18)8(10(15,16)17)2-1-7(5)9(12,13)14/h1-2H,3H2. The second-order valence-electron chi connectivity index (χ2n) is 3.26. The van der Waals surface area contributed by atoms with Crippen molar-refractivity contribution in [3.8, 4) is 6.07 Å². The zero-order chi connectivity index (χ0) is 14.1. The van der Waals surface area contributed by atoms with Crippen LogP contribution < -0.4 is 0 Å². The molecule has 0 fully saturated rings. The van der Waals surface area contributed by atoms with Crippen LogP contribution in [-0.2, 0) is 17.7 Å². The average Bonchev–Trinajstić information content (AvgIpc) is 2.24. The maximum atomic E-state index is 12.6. The third-order valence-electron chi connectivity index (χ3n) is 2.17. The van der Waals surface area contributed by atoms with E-state index in [0.717, 1.165) is 0 Å². The molecule has 0 spiro atoms. The van der Waals surface area contributed by atoms with Crippen LogP contribution in [0.4, 0.5) is 26.3 Å². The fraction of sp³-hybridized carbons (Fsp3) is 0.300. The molecule has 8 heteroatoms. The van der Waals surface area contributed by atoms with Crippen LogP contribution in [0.15, 0.2) is 12.1 Å². The number of nitriles is 1. The minimum atomic E-state index is -4.87. The number of alkyl halides is 7. The van der Waals surface area contributed by atoms with Crippen LogP contribution in [0.2, 0.25) is 0 Å². The van der Waals surface area contributed by atoms with Crippen molar-refractivity contribution in [2.75, 3.05) is 0 Å². The largest absolute Gasteiger partial charge is 0.417 e. The van der Waals surface area contributed by atoms with Crippen molar-refractivity contribution in [1.82, 2.24) is 0 Å². The number of hydrogen-bond acceptors (Lipinski definition) is 1. The highest BCUT2D eigenvalue weighted by molar-refractivity contribution is 9.08. The van der Waals surface area contributed by atoms with Gasteiger partial charge in [-0.2, -0.15) is 31.6 Å². The molecule has 0 aromatic heterocycles. The number of nitrogens with zero attached hydrogens (tertiary/aromatic N) is 1. The number of halogens is 7. The third-order valence-corrected chi connectivity index (χ3v) is 2.73. The van der Waals surface area contributed by atoms with Crippen molar-refractivity contribution in [3.63, 3.8) is 0 Å². The highest BCUT2D eigenvalue weighted by atomic mass is 79.9. The molecule has 1 rings (SSSR count). The zero-order valence-electron chi connectivity index (χ0n) is 8.45. The number of hydrogen-bond donors (Lipinski definition) is 0. The summed E-state index contributed by atoms with van der Waals surface area (Å²) in [6, 6.07) is 1.79. The van der Waals surface area contributed by atoms with E-state index in [4.69, 9.17) is 5.26 Å². The van der Waals surface area contributed by atoms with Gasteiger partial charge in [0.15, 0.2) is 0 Å². The summed E-state index contributed by atoms with van der Waals surface area (Å²) < 4.78 is 75.3. The quantitative estimate of drug-likeness (QED) is 0.549. The lowest BCUT2D eigenvalue weighted by molar-refractivity contribution is -0.141. The van der Waals surface area contributed by atoms with E-state index >= 15 is 0 Å². The van der Waals surface area contributed by atoms with Crippen LogP contribution in [0.25, 0.3) is 0 Å². The summed E-state index contributed by atoms with van der Waals surface area (Å²) in [5, 5.41) is 8.15. The van der Waals surface area contributed by atoms with E-state index < -0.39 is 39.9 Å². The monoisotopic (exact) mass is 331 g/mol. The molecule has 0 saturated carbocycles. The topological polar surface area (TPSA) is 23.8 Å². The summed E-state index contributed by atoms with van der Waals surface area (Å²) in [5.74, 6) is 0. The minimum absolute atomic E-state index is 0.271. The summed E-state index contributed by atoms with van der Waals surface area (Å²) in [7, 11) is 0. The van der Waals surface area contributed by atoms with Gasteiger partial charge in [0.1, 0.15) is 6.07 Å². The maximum absolute atomic E-state index is 12.6. The Labute approximate surface area is 106 Å². The molecule has 0 aliphatic carbocycles. The molecule has 0 aliphatic heterocycles. The Hall–Kier alpha value is -1.23. The molecule has 0 saturated heterocycles. The lowest BCUT2D eigenvalue weighted by Gasteiger charge is -2.16. The summed E-state index contributed by atoms with van der Waals surface area (Å²) in [6.45, 7) is 0. The average molecular weight is 332 g/mol. The first kappa shape index (κ1) is 14.8. The smallest absolute Gasteiger partial charge is 0.192 e. The second-order valence-corrected chi connectivity index (χ2v) is 3.82. The van der Waals surface area contributed by atoms with E-state index in [1.807, 2.05) is 0 Å². The molecule has 1 nitrogen and oxygen atoms in total. The van der Waals surface area contributed by atoms with Gasteiger partial charge < -0.3 is 0 Å². The lowest BCUT2D eigenvalue weighted by atomic mass is 9.97. The van der Waals surface area contributed by atoms with Crippen molar-refractivity contribution < 1.29 is 26.3 Å². The fourth-order valence-corrected chi connectivity index (χ4v) is 2.00. The first-order chi connectivity index (χ1) is 8.12. The van der Waals surface area contributed by atoms with E-state index in [0.29, 0.717) is 6.07 Å². The van der Waals surface area contributed by atoms with Crippen LogP contribution in [0, 0.1) is 11.3 Å². The van der Waals surface area contributed by atoms with Crippen LogP contribution in [0.1, 0.15) is 22.3 Å². The molecule has 0 unspecified atom stereocenters. The molecule has 1 aromatic carbocycles. The highest BCUT2D eigenvalue weighted by Crippen LogP contribution is 2.39. The summed E-state index contributed by atoms with van der Waals surface area (Å²) in [6.07, 6.45) is -9.68. The number of rotatable bonds is 1. The predicted molar refractivity (Wildman–Crippen MR) is 53.8 cm³/mol. The molecule has 0 atom stereocenters. The van der Waals surface area contributed by atoms with E-state index in [9.17, 15) is 26.3 Å². The number of benzene rings is 1. The maximum Gasteiger partial charge on any atom is 0.417 e. The van der Waals surface area contributed by atoms with Crippen LogP contribution in [0.3, 0.4) is 0 Å². The van der Waals surface area contributed by atoms with Crippen molar-refractivity contribution in [3.05, 3.63) is 34.4 Å². The molecule has 0 bridgehead atoms. The van der Waals surface area contributed by atoms with Gasteiger partial charge in [0.25, 0.3) is 0 Å². The van der Waals surface area contributed by atoms with E-state index in [-0.39, 0.29) is 6.07 Å². The first-order valence-electron chi connectivity index (χ1n) is 4.39. The van der Waals surface area contributed by atoms with Gasteiger partial charge in [-0.3, -0.25) is 0 Å².